The van der Waals surface area contributed by atoms with Crippen molar-refractivity contribution in [3.63, 3.8) is 0 Å². The monoisotopic (exact) mass is 300 g/mol. The standard InChI is InChI=1S/C18H20O2S/c1-3-20-18(19)13-14(2)15-9-11-17(12-10-15)21-16-7-5-4-6-8-16/h4-12,14H,3,13H2,1-2H3. The molecule has 0 N–H and O–H groups in total. The molecule has 0 fully saturated rings. The summed E-state index contributed by atoms with van der Waals surface area (Å²) in [5.74, 6) is 0.0487. The van der Waals surface area contributed by atoms with E-state index in [1.54, 1.807) is 11.8 Å². The van der Waals surface area contributed by atoms with Crippen LogP contribution < -0.4 is 0 Å². The summed E-state index contributed by atoms with van der Waals surface area (Å²) in [7, 11) is 0. The lowest BCUT2D eigenvalue weighted by Crippen LogP contribution is -2.08. The minimum Gasteiger partial charge on any atom is -0.466 e. The molecule has 0 aliphatic heterocycles. The highest BCUT2D eigenvalue weighted by molar-refractivity contribution is 7.99. The Hall–Kier alpha value is -1.74. The van der Waals surface area contributed by atoms with Crippen molar-refractivity contribution in [1.82, 2.24) is 0 Å². The fourth-order valence-electron chi connectivity index (χ4n) is 2.08. The molecular weight excluding hydrogens is 280 g/mol. The van der Waals surface area contributed by atoms with Gasteiger partial charge in [-0.15, -0.1) is 0 Å². The van der Waals surface area contributed by atoms with Crippen LogP contribution in [0, 0.1) is 0 Å². The van der Waals surface area contributed by atoms with Gasteiger partial charge in [0.15, 0.2) is 0 Å². The molecule has 0 bridgehead atoms. The summed E-state index contributed by atoms with van der Waals surface area (Å²) in [4.78, 5) is 13.9. The van der Waals surface area contributed by atoms with Crippen molar-refractivity contribution in [2.45, 2.75) is 36.0 Å². The van der Waals surface area contributed by atoms with Crippen molar-refractivity contribution < 1.29 is 9.53 Å². The lowest BCUT2D eigenvalue weighted by molar-refractivity contribution is -0.143. The second kappa shape index (κ2) is 7.89. The van der Waals surface area contributed by atoms with Crippen molar-refractivity contribution in [2.75, 3.05) is 6.61 Å². The molecule has 1 atom stereocenters. The van der Waals surface area contributed by atoms with Gasteiger partial charge in [-0.3, -0.25) is 4.79 Å². The van der Waals surface area contributed by atoms with Crippen LogP contribution >= 0.6 is 11.8 Å². The zero-order valence-electron chi connectivity index (χ0n) is 12.4. The van der Waals surface area contributed by atoms with Gasteiger partial charge in [0.05, 0.1) is 13.0 Å². The molecule has 3 heteroatoms. The van der Waals surface area contributed by atoms with Crippen molar-refractivity contribution >= 4 is 17.7 Å². The van der Waals surface area contributed by atoms with Gasteiger partial charge in [0.2, 0.25) is 0 Å². The van der Waals surface area contributed by atoms with Gasteiger partial charge in [0.25, 0.3) is 0 Å². The topological polar surface area (TPSA) is 26.3 Å². The van der Waals surface area contributed by atoms with Gasteiger partial charge in [0.1, 0.15) is 0 Å². The Morgan fingerprint density at radius 1 is 1.05 bits per heavy atom. The largest absolute Gasteiger partial charge is 0.466 e. The Bertz CT molecular complexity index is 564. The van der Waals surface area contributed by atoms with Gasteiger partial charge >= 0.3 is 5.97 Å². The molecule has 0 spiro atoms. The van der Waals surface area contributed by atoms with Crippen LogP contribution in [-0.4, -0.2) is 12.6 Å². The maximum atomic E-state index is 11.5. The molecular formula is C18H20O2S. The number of rotatable bonds is 6. The summed E-state index contributed by atoms with van der Waals surface area (Å²) in [6.07, 6.45) is 0.430. The Labute approximate surface area is 130 Å². The first-order valence-electron chi connectivity index (χ1n) is 7.17. The Kier molecular flexibility index (Phi) is 5.88. The second-order valence-electron chi connectivity index (χ2n) is 4.89. The number of carbonyl (C=O) groups excluding carboxylic acids is 1. The molecule has 0 amide bonds. The fourth-order valence-corrected chi connectivity index (χ4v) is 2.91. The third kappa shape index (κ3) is 4.94. The van der Waals surface area contributed by atoms with E-state index in [0.29, 0.717) is 13.0 Å². The Morgan fingerprint density at radius 3 is 2.29 bits per heavy atom. The van der Waals surface area contributed by atoms with Crippen molar-refractivity contribution in [3.8, 4) is 0 Å². The second-order valence-corrected chi connectivity index (χ2v) is 6.04. The van der Waals surface area contributed by atoms with Crippen LogP contribution in [0.5, 0.6) is 0 Å². The highest BCUT2D eigenvalue weighted by Crippen LogP contribution is 2.29. The average molecular weight is 300 g/mol. The van der Waals surface area contributed by atoms with E-state index in [1.807, 2.05) is 25.1 Å². The van der Waals surface area contributed by atoms with Crippen LogP contribution in [0.1, 0.15) is 31.7 Å². The van der Waals surface area contributed by atoms with E-state index in [0.717, 1.165) is 0 Å². The van der Waals surface area contributed by atoms with E-state index in [-0.39, 0.29) is 11.9 Å². The van der Waals surface area contributed by atoms with E-state index in [1.165, 1.54) is 15.4 Å². The molecule has 0 aromatic heterocycles. The lowest BCUT2D eigenvalue weighted by Gasteiger charge is -2.11. The molecule has 2 aromatic rings. The molecule has 0 heterocycles. The van der Waals surface area contributed by atoms with Crippen LogP contribution in [0.3, 0.4) is 0 Å². The summed E-state index contributed by atoms with van der Waals surface area (Å²) in [5.41, 5.74) is 1.17. The summed E-state index contributed by atoms with van der Waals surface area (Å²) < 4.78 is 4.99. The van der Waals surface area contributed by atoms with Crippen molar-refractivity contribution in [3.05, 3.63) is 60.2 Å². The van der Waals surface area contributed by atoms with Gasteiger partial charge < -0.3 is 4.74 Å². The average Bonchev–Trinajstić information content (AvgIpc) is 2.49. The van der Waals surface area contributed by atoms with Crippen molar-refractivity contribution in [1.29, 1.82) is 0 Å². The number of benzene rings is 2. The molecule has 2 rings (SSSR count). The minimum atomic E-state index is -0.132. The molecule has 1 unspecified atom stereocenters. The van der Waals surface area contributed by atoms with Gasteiger partial charge in [0, 0.05) is 9.79 Å². The van der Waals surface area contributed by atoms with Gasteiger partial charge in [-0.2, -0.15) is 0 Å². The predicted octanol–water partition coefficient (Wildman–Crippen LogP) is 4.89. The van der Waals surface area contributed by atoms with Gasteiger partial charge in [-0.1, -0.05) is 49.0 Å². The Balaban J connectivity index is 1.97. The molecule has 0 aliphatic rings. The summed E-state index contributed by atoms with van der Waals surface area (Å²) in [5, 5.41) is 0. The smallest absolute Gasteiger partial charge is 0.306 e. The molecule has 0 aliphatic carbocycles. The molecule has 2 aromatic carbocycles. The van der Waals surface area contributed by atoms with Gasteiger partial charge in [-0.05, 0) is 42.7 Å². The highest BCUT2D eigenvalue weighted by Gasteiger charge is 2.12. The normalized spacial score (nSPS) is 11.9. The quantitative estimate of drug-likeness (QED) is 0.710. The minimum absolute atomic E-state index is 0.132. The molecule has 2 nitrogen and oxygen atoms in total. The SMILES string of the molecule is CCOC(=O)CC(C)c1ccc(Sc2ccccc2)cc1. The molecule has 0 saturated carbocycles. The lowest BCUT2D eigenvalue weighted by atomic mass is 9.98. The van der Waals surface area contributed by atoms with E-state index >= 15 is 0 Å². The van der Waals surface area contributed by atoms with Crippen molar-refractivity contribution in [2.24, 2.45) is 0 Å². The zero-order chi connectivity index (χ0) is 15.1. The van der Waals surface area contributed by atoms with Gasteiger partial charge in [-0.25, -0.2) is 0 Å². The number of carbonyl (C=O) groups is 1. The maximum absolute atomic E-state index is 11.5. The van der Waals surface area contributed by atoms with E-state index in [2.05, 4.69) is 43.3 Å². The van der Waals surface area contributed by atoms with Crippen LogP contribution in [-0.2, 0) is 9.53 Å². The van der Waals surface area contributed by atoms with E-state index in [4.69, 9.17) is 4.74 Å². The van der Waals surface area contributed by atoms with Crippen LogP contribution in [0.2, 0.25) is 0 Å². The predicted molar refractivity (Wildman–Crippen MR) is 86.7 cm³/mol. The number of hydrogen-bond donors (Lipinski definition) is 0. The molecule has 0 saturated heterocycles. The van der Waals surface area contributed by atoms with Crippen LogP contribution in [0.25, 0.3) is 0 Å². The number of esters is 1. The summed E-state index contributed by atoms with van der Waals surface area (Å²) in [6.45, 7) is 4.33. The number of ether oxygens (including phenoxy) is 1. The fraction of sp³-hybridized carbons (Fsp3) is 0.278. The van der Waals surface area contributed by atoms with Crippen LogP contribution in [0.4, 0.5) is 0 Å². The maximum Gasteiger partial charge on any atom is 0.306 e. The first-order chi connectivity index (χ1) is 10.2. The molecule has 110 valence electrons. The summed E-state index contributed by atoms with van der Waals surface area (Å²) in [6, 6.07) is 18.7. The zero-order valence-corrected chi connectivity index (χ0v) is 13.2. The Morgan fingerprint density at radius 2 is 1.67 bits per heavy atom. The summed E-state index contributed by atoms with van der Waals surface area (Å²) >= 11 is 1.74. The van der Waals surface area contributed by atoms with E-state index in [9.17, 15) is 4.79 Å². The first kappa shape index (κ1) is 15.6. The first-order valence-corrected chi connectivity index (χ1v) is 7.99. The van der Waals surface area contributed by atoms with E-state index < -0.39 is 0 Å². The number of hydrogen-bond acceptors (Lipinski definition) is 3. The third-order valence-electron chi connectivity index (χ3n) is 3.21. The highest BCUT2D eigenvalue weighted by atomic mass is 32.2. The molecule has 0 radical (unpaired) electrons. The third-order valence-corrected chi connectivity index (χ3v) is 4.22. The molecule has 21 heavy (non-hydrogen) atoms. The van der Waals surface area contributed by atoms with Crippen LogP contribution in [0.15, 0.2) is 64.4 Å².